The Balaban J connectivity index is 2.33. The average Bonchev–Trinajstić information content (AvgIpc) is 2.93. The Morgan fingerprint density at radius 1 is 1.53 bits per heavy atom. The van der Waals surface area contributed by atoms with Gasteiger partial charge in [0.2, 0.25) is 5.78 Å². The molecule has 0 fully saturated rings. The third-order valence-electron chi connectivity index (χ3n) is 2.12. The summed E-state index contributed by atoms with van der Waals surface area (Å²) in [6.45, 7) is 0. The highest BCUT2D eigenvalue weighted by molar-refractivity contribution is 9.10. The van der Waals surface area contributed by atoms with Gasteiger partial charge in [-0.3, -0.25) is 15.0 Å². The van der Waals surface area contributed by atoms with Gasteiger partial charge in [-0.25, -0.2) is 14.9 Å². The maximum Gasteiger partial charge on any atom is 0.241 e. The lowest BCUT2D eigenvalue weighted by atomic mass is 10.3. The highest BCUT2D eigenvalue weighted by atomic mass is 79.9. The molecule has 0 aliphatic carbocycles. The highest BCUT2D eigenvalue weighted by Gasteiger charge is 2.15. The van der Waals surface area contributed by atoms with Gasteiger partial charge in [0.25, 0.3) is 0 Å². The van der Waals surface area contributed by atoms with Crippen LogP contribution in [-0.2, 0) is 0 Å². The van der Waals surface area contributed by atoms with Crippen molar-refractivity contribution < 1.29 is 14.4 Å². The zero-order valence-electron chi connectivity index (χ0n) is 9.30. The number of aromatic nitrogens is 1. The second kappa shape index (κ2) is 6.00. The molecule has 0 saturated heterocycles. The summed E-state index contributed by atoms with van der Waals surface area (Å²) < 4.78 is 13.3. The maximum absolute atomic E-state index is 13.1. The lowest BCUT2D eigenvalue weighted by Crippen LogP contribution is -2.27. The monoisotopic (exact) mass is 343 g/mol. The number of halogens is 2. The molecule has 0 amide bonds. The quantitative estimate of drug-likeness (QED) is 0.389. The third-order valence-corrected chi connectivity index (χ3v) is 3.50. The number of nitrogens with zero attached hydrogens (tertiary/aromatic N) is 2. The number of aliphatic imine (C=N–C) groups is 1. The number of carbonyl (C=O) groups is 1. The fourth-order valence-corrected chi connectivity index (χ4v) is 2.18. The number of hydrogen-bond donors (Lipinski definition) is 2. The van der Waals surface area contributed by atoms with Gasteiger partial charge in [0.05, 0.1) is 20.5 Å². The van der Waals surface area contributed by atoms with Crippen molar-refractivity contribution in [2.24, 2.45) is 4.99 Å². The zero-order chi connectivity index (χ0) is 13.8. The van der Waals surface area contributed by atoms with Crippen LogP contribution in [0.3, 0.4) is 0 Å². The molecule has 5 nitrogen and oxygen atoms in total. The van der Waals surface area contributed by atoms with Gasteiger partial charge in [0.1, 0.15) is 5.82 Å². The lowest BCUT2D eigenvalue weighted by Gasteiger charge is -2.02. The molecule has 0 spiro atoms. The molecule has 0 aliphatic rings. The molecule has 19 heavy (non-hydrogen) atoms. The van der Waals surface area contributed by atoms with E-state index in [-0.39, 0.29) is 10.3 Å². The van der Waals surface area contributed by atoms with E-state index in [1.807, 2.05) is 0 Å². The predicted octanol–water partition coefficient (Wildman–Crippen LogP) is 2.94. The Morgan fingerprint density at radius 2 is 2.32 bits per heavy atom. The van der Waals surface area contributed by atoms with Crippen molar-refractivity contribution in [1.82, 2.24) is 10.5 Å². The van der Waals surface area contributed by atoms with Crippen LogP contribution in [0.15, 0.2) is 39.4 Å². The minimum absolute atomic E-state index is 0.219. The standard InChI is InChI=1S/C11H7BrFN3O2S/c12-7-3-6(1-2-8(7)13)15-11(16-18)10(17)9-4-14-5-19-9/h1-5,18H,(H,15,16). The SMILES string of the molecule is O=C(C(=Nc1ccc(F)c(Br)c1)NO)c1cncs1. The van der Waals surface area contributed by atoms with Crippen LogP contribution < -0.4 is 5.48 Å². The minimum atomic E-state index is -0.495. The summed E-state index contributed by atoms with van der Waals surface area (Å²) in [5.74, 6) is -1.19. The minimum Gasteiger partial charge on any atom is -0.290 e. The molecule has 98 valence electrons. The molecular formula is C11H7BrFN3O2S. The number of carbonyl (C=O) groups excluding carboxylic acids is 1. The number of Topliss-reactive ketones (excluding diaryl/α,β-unsaturated/α-hetero) is 1. The van der Waals surface area contributed by atoms with E-state index in [1.54, 1.807) is 5.48 Å². The topological polar surface area (TPSA) is 74.6 Å². The summed E-state index contributed by atoms with van der Waals surface area (Å²) >= 11 is 4.14. The van der Waals surface area contributed by atoms with Gasteiger partial charge in [-0.05, 0) is 34.1 Å². The second-order valence-electron chi connectivity index (χ2n) is 3.37. The van der Waals surface area contributed by atoms with Crippen molar-refractivity contribution in [3.05, 3.63) is 45.1 Å². The van der Waals surface area contributed by atoms with Crippen molar-refractivity contribution in [2.75, 3.05) is 0 Å². The first-order chi connectivity index (χ1) is 9.11. The Morgan fingerprint density at radius 3 is 2.89 bits per heavy atom. The van der Waals surface area contributed by atoms with Gasteiger partial charge in [-0.1, -0.05) is 0 Å². The van der Waals surface area contributed by atoms with E-state index in [9.17, 15) is 9.18 Å². The Labute approximate surface area is 119 Å². The number of nitrogens with one attached hydrogen (secondary N) is 1. The Bertz CT molecular complexity index is 631. The molecule has 0 atom stereocenters. The van der Waals surface area contributed by atoms with Crippen LogP contribution in [0.1, 0.15) is 9.67 Å². The van der Waals surface area contributed by atoms with E-state index in [0.29, 0.717) is 10.6 Å². The highest BCUT2D eigenvalue weighted by Crippen LogP contribution is 2.22. The number of ketones is 1. The number of hydrogen-bond acceptors (Lipinski definition) is 5. The molecule has 0 unspecified atom stereocenters. The van der Waals surface area contributed by atoms with Gasteiger partial charge in [0, 0.05) is 6.20 Å². The maximum atomic E-state index is 13.1. The van der Waals surface area contributed by atoms with Crippen LogP contribution in [-0.4, -0.2) is 21.8 Å². The molecule has 0 bridgehead atoms. The summed E-state index contributed by atoms with van der Waals surface area (Å²) in [7, 11) is 0. The predicted molar refractivity (Wildman–Crippen MR) is 72.6 cm³/mol. The molecule has 2 aromatic rings. The molecular weight excluding hydrogens is 337 g/mol. The summed E-state index contributed by atoms with van der Waals surface area (Å²) in [4.78, 5) is 20.0. The normalized spacial score (nSPS) is 11.4. The number of amidine groups is 1. The number of hydroxylamine groups is 1. The Kier molecular flexibility index (Phi) is 4.35. The molecule has 8 heteroatoms. The molecule has 0 saturated carbocycles. The van der Waals surface area contributed by atoms with Gasteiger partial charge in [-0.2, -0.15) is 0 Å². The van der Waals surface area contributed by atoms with Crippen molar-refractivity contribution in [3.8, 4) is 0 Å². The largest absolute Gasteiger partial charge is 0.290 e. The van der Waals surface area contributed by atoms with Crippen LogP contribution in [0.2, 0.25) is 0 Å². The first-order valence-corrected chi connectivity index (χ1v) is 6.66. The molecule has 1 aromatic carbocycles. The summed E-state index contributed by atoms with van der Waals surface area (Å²) in [5, 5.41) is 8.98. The van der Waals surface area contributed by atoms with Gasteiger partial charge >= 0.3 is 0 Å². The van der Waals surface area contributed by atoms with Crippen LogP contribution in [0.4, 0.5) is 10.1 Å². The molecule has 1 heterocycles. The van der Waals surface area contributed by atoms with E-state index in [4.69, 9.17) is 5.21 Å². The van der Waals surface area contributed by atoms with E-state index in [0.717, 1.165) is 11.3 Å². The molecule has 0 radical (unpaired) electrons. The molecule has 2 rings (SSSR count). The number of rotatable bonds is 3. The van der Waals surface area contributed by atoms with E-state index in [2.05, 4.69) is 25.9 Å². The van der Waals surface area contributed by atoms with Gasteiger partial charge < -0.3 is 0 Å². The van der Waals surface area contributed by atoms with Gasteiger partial charge in [0.15, 0.2) is 5.84 Å². The van der Waals surface area contributed by atoms with Crippen molar-refractivity contribution >= 4 is 44.6 Å². The Hall–Kier alpha value is -1.64. The summed E-state index contributed by atoms with van der Waals surface area (Å²) in [5.41, 5.74) is 3.56. The van der Waals surface area contributed by atoms with E-state index >= 15 is 0 Å². The fourth-order valence-electron chi connectivity index (χ4n) is 1.25. The third kappa shape index (κ3) is 3.22. The van der Waals surface area contributed by atoms with Crippen LogP contribution >= 0.6 is 27.3 Å². The summed E-state index contributed by atoms with van der Waals surface area (Å²) in [6.07, 6.45) is 1.38. The smallest absolute Gasteiger partial charge is 0.241 e. The van der Waals surface area contributed by atoms with Crippen molar-refractivity contribution in [3.63, 3.8) is 0 Å². The molecule has 1 aromatic heterocycles. The van der Waals surface area contributed by atoms with Crippen LogP contribution in [0.25, 0.3) is 0 Å². The van der Waals surface area contributed by atoms with Gasteiger partial charge in [-0.15, -0.1) is 11.3 Å². The van der Waals surface area contributed by atoms with Crippen molar-refractivity contribution in [2.45, 2.75) is 0 Å². The first-order valence-electron chi connectivity index (χ1n) is 4.99. The summed E-state index contributed by atoms with van der Waals surface area (Å²) in [6, 6.07) is 3.99. The molecule has 0 aliphatic heterocycles. The average molecular weight is 344 g/mol. The number of thiazole rings is 1. The fraction of sp³-hybridized carbons (Fsp3) is 0. The van der Waals surface area contributed by atoms with E-state index < -0.39 is 11.6 Å². The molecule has 2 N–H and O–H groups in total. The van der Waals surface area contributed by atoms with Crippen LogP contribution in [0.5, 0.6) is 0 Å². The first kappa shape index (κ1) is 13.8. The second-order valence-corrected chi connectivity index (χ2v) is 5.11. The zero-order valence-corrected chi connectivity index (χ0v) is 11.7. The van der Waals surface area contributed by atoms with E-state index in [1.165, 1.54) is 29.9 Å². The lowest BCUT2D eigenvalue weighted by molar-refractivity contribution is 0.104. The van der Waals surface area contributed by atoms with Crippen molar-refractivity contribution in [1.29, 1.82) is 0 Å². The number of benzene rings is 1. The van der Waals surface area contributed by atoms with Crippen LogP contribution in [0, 0.1) is 5.82 Å².